The molecule has 28 heavy (non-hydrogen) atoms. The number of anilines is 3. The summed E-state index contributed by atoms with van der Waals surface area (Å²) in [6.07, 6.45) is 5.00. The summed E-state index contributed by atoms with van der Waals surface area (Å²) in [4.78, 5) is 18.4. The summed E-state index contributed by atoms with van der Waals surface area (Å²) in [5.74, 6) is 1.47. The third-order valence-corrected chi connectivity index (χ3v) is 4.19. The van der Waals surface area contributed by atoms with Crippen LogP contribution >= 0.6 is 0 Å². The van der Waals surface area contributed by atoms with E-state index in [0.717, 1.165) is 39.8 Å². The number of aryl methyl sites for hydroxylation is 1. The molecule has 2 N–H and O–H groups in total. The molecule has 6 nitrogen and oxygen atoms in total. The number of hydrogen-bond acceptors (Lipinski definition) is 6. The van der Waals surface area contributed by atoms with Gasteiger partial charge in [0, 0.05) is 23.6 Å². The molecule has 0 bridgehead atoms. The molecule has 6 heteroatoms. The lowest BCUT2D eigenvalue weighted by molar-refractivity contribution is 0.405. The first-order chi connectivity index (χ1) is 13.8. The summed E-state index contributed by atoms with van der Waals surface area (Å²) in [7, 11) is 0. The summed E-state index contributed by atoms with van der Waals surface area (Å²) in [6, 6.07) is 21.3. The fourth-order valence-electron chi connectivity index (χ4n) is 2.72. The van der Waals surface area contributed by atoms with Crippen molar-refractivity contribution in [2.45, 2.75) is 6.92 Å². The fourth-order valence-corrected chi connectivity index (χ4v) is 2.72. The molecule has 4 aromatic rings. The number of rotatable bonds is 6. The molecule has 0 radical (unpaired) electrons. The van der Waals surface area contributed by atoms with E-state index < -0.39 is 0 Å². The third-order valence-electron chi connectivity index (χ3n) is 4.19. The van der Waals surface area contributed by atoms with Gasteiger partial charge in [-0.1, -0.05) is 24.3 Å². The van der Waals surface area contributed by atoms with E-state index in [9.17, 15) is 0 Å². The zero-order chi connectivity index (χ0) is 19.2. The molecule has 138 valence electrons. The van der Waals surface area contributed by atoms with Crippen LogP contribution < -0.4 is 15.6 Å². The van der Waals surface area contributed by atoms with Crippen molar-refractivity contribution in [3.8, 4) is 17.0 Å². The summed E-state index contributed by atoms with van der Waals surface area (Å²) >= 11 is 0. The minimum absolute atomic E-state index is 0.727. The average molecular weight is 369 g/mol. The van der Waals surface area contributed by atoms with Crippen LogP contribution in [0.2, 0.25) is 0 Å². The van der Waals surface area contributed by atoms with Crippen LogP contribution in [0, 0.1) is 6.92 Å². The quantitative estimate of drug-likeness (QED) is 0.466. The van der Waals surface area contributed by atoms with Gasteiger partial charge in [-0.05, 0) is 55.0 Å². The van der Waals surface area contributed by atoms with Crippen LogP contribution in [0.3, 0.4) is 0 Å². The van der Waals surface area contributed by atoms with E-state index in [4.69, 9.17) is 4.84 Å². The molecule has 2 aromatic carbocycles. The van der Waals surface area contributed by atoms with Crippen molar-refractivity contribution >= 4 is 17.2 Å². The Labute approximate surface area is 163 Å². The van der Waals surface area contributed by atoms with Crippen molar-refractivity contribution in [3.63, 3.8) is 0 Å². The molecular weight excluding hydrogens is 350 g/mol. The minimum atomic E-state index is 0.727. The Kier molecular flexibility index (Phi) is 5.11. The van der Waals surface area contributed by atoms with Gasteiger partial charge in [0.1, 0.15) is 12.1 Å². The molecule has 2 aromatic heterocycles. The first-order valence-electron chi connectivity index (χ1n) is 8.86. The highest BCUT2D eigenvalue weighted by molar-refractivity contribution is 5.77. The zero-order valence-corrected chi connectivity index (χ0v) is 15.3. The number of nitrogens with one attached hydrogen (secondary N) is 2. The van der Waals surface area contributed by atoms with E-state index >= 15 is 0 Å². The van der Waals surface area contributed by atoms with Gasteiger partial charge in [-0.25, -0.2) is 20.4 Å². The maximum atomic E-state index is 5.62. The van der Waals surface area contributed by atoms with Gasteiger partial charge in [0.2, 0.25) is 0 Å². The molecule has 0 spiro atoms. The number of aromatic nitrogens is 3. The van der Waals surface area contributed by atoms with E-state index in [1.54, 1.807) is 12.4 Å². The van der Waals surface area contributed by atoms with Crippen LogP contribution in [-0.2, 0) is 0 Å². The van der Waals surface area contributed by atoms with E-state index in [1.807, 2.05) is 73.7 Å². The topological polar surface area (TPSA) is 72.0 Å². The van der Waals surface area contributed by atoms with Crippen LogP contribution in [0.25, 0.3) is 11.3 Å². The fraction of sp³-hybridized carbons (Fsp3) is 0.0455. The Morgan fingerprint density at radius 1 is 0.857 bits per heavy atom. The van der Waals surface area contributed by atoms with Crippen molar-refractivity contribution in [1.29, 1.82) is 0 Å². The highest BCUT2D eigenvalue weighted by atomic mass is 16.6. The summed E-state index contributed by atoms with van der Waals surface area (Å²) < 4.78 is 0. The zero-order valence-electron chi connectivity index (χ0n) is 15.3. The van der Waals surface area contributed by atoms with Crippen LogP contribution in [-0.4, -0.2) is 15.0 Å². The van der Waals surface area contributed by atoms with Gasteiger partial charge in [-0.15, -0.1) is 0 Å². The van der Waals surface area contributed by atoms with Gasteiger partial charge >= 0.3 is 0 Å². The Hall–Kier alpha value is -3.93. The van der Waals surface area contributed by atoms with E-state index in [2.05, 4.69) is 25.7 Å². The Morgan fingerprint density at radius 2 is 1.75 bits per heavy atom. The van der Waals surface area contributed by atoms with Crippen LogP contribution in [0.4, 0.5) is 17.2 Å². The normalized spacial score (nSPS) is 10.3. The first kappa shape index (κ1) is 17.5. The standard InChI is InChI=1S/C22H19N5O/c1-16-9-10-17(27-28-18-6-3-2-4-7-18)14-21(16)26-22-19(8-5-12-24-22)20-11-13-23-15-25-20/h2-15,27H,1H3,(H,24,26). The number of para-hydroxylation sites is 1. The van der Waals surface area contributed by atoms with Crippen LogP contribution in [0.15, 0.2) is 85.5 Å². The molecular formula is C22H19N5O. The van der Waals surface area contributed by atoms with E-state index in [1.165, 1.54) is 6.33 Å². The second-order valence-corrected chi connectivity index (χ2v) is 6.17. The van der Waals surface area contributed by atoms with Crippen LogP contribution in [0.5, 0.6) is 5.75 Å². The highest BCUT2D eigenvalue weighted by Crippen LogP contribution is 2.29. The average Bonchev–Trinajstić information content (AvgIpc) is 2.76. The molecule has 0 aliphatic carbocycles. The highest BCUT2D eigenvalue weighted by Gasteiger charge is 2.09. The van der Waals surface area contributed by atoms with Gasteiger partial charge in [-0.3, -0.25) is 0 Å². The SMILES string of the molecule is Cc1ccc(NOc2ccccc2)cc1Nc1ncccc1-c1ccncn1. The number of pyridine rings is 1. The van der Waals surface area contributed by atoms with Crippen molar-refractivity contribution in [2.75, 3.05) is 10.8 Å². The van der Waals surface area contributed by atoms with Gasteiger partial charge < -0.3 is 10.2 Å². The van der Waals surface area contributed by atoms with Gasteiger partial charge in [0.25, 0.3) is 0 Å². The lowest BCUT2D eigenvalue weighted by Crippen LogP contribution is -2.05. The molecule has 0 fully saturated rings. The molecule has 0 aliphatic rings. The molecule has 0 unspecified atom stereocenters. The number of hydrogen-bond donors (Lipinski definition) is 2. The molecule has 2 heterocycles. The lowest BCUT2D eigenvalue weighted by Gasteiger charge is -2.15. The molecule has 0 saturated carbocycles. The molecule has 0 aliphatic heterocycles. The maximum absolute atomic E-state index is 5.62. The van der Waals surface area contributed by atoms with E-state index in [-0.39, 0.29) is 0 Å². The molecule has 4 rings (SSSR count). The lowest BCUT2D eigenvalue weighted by atomic mass is 10.1. The van der Waals surface area contributed by atoms with Gasteiger partial charge in [0.15, 0.2) is 5.75 Å². The molecule has 0 saturated heterocycles. The van der Waals surface area contributed by atoms with E-state index in [0.29, 0.717) is 0 Å². The molecule has 0 atom stereocenters. The summed E-state index contributed by atoms with van der Waals surface area (Å²) in [6.45, 7) is 2.04. The second-order valence-electron chi connectivity index (χ2n) is 6.17. The summed E-state index contributed by atoms with van der Waals surface area (Å²) in [5, 5.41) is 3.41. The first-order valence-corrected chi connectivity index (χ1v) is 8.86. The largest absolute Gasteiger partial charge is 0.382 e. The van der Waals surface area contributed by atoms with Crippen molar-refractivity contribution in [2.24, 2.45) is 0 Å². The predicted octanol–water partition coefficient (Wildman–Crippen LogP) is 5.00. The smallest absolute Gasteiger partial charge is 0.155 e. The minimum Gasteiger partial charge on any atom is -0.382 e. The van der Waals surface area contributed by atoms with Gasteiger partial charge in [-0.2, -0.15) is 0 Å². The monoisotopic (exact) mass is 369 g/mol. The third kappa shape index (κ3) is 4.07. The number of nitrogens with zero attached hydrogens (tertiary/aromatic N) is 3. The maximum Gasteiger partial charge on any atom is 0.155 e. The second kappa shape index (κ2) is 8.18. The van der Waals surface area contributed by atoms with Crippen molar-refractivity contribution in [3.05, 3.63) is 91.0 Å². The van der Waals surface area contributed by atoms with Crippen LogP contribution in [0.1, 0.15) is 5.56 Å². The predicted molar refractivity (Wildman–Crippen MR) is 110 cm³/mol. The van der Waals surface area contributed by atoms with Crippen molar-refractivity contribution < 1.29 is 4.84 Å². The van der Waals surface area contributed by atoms with Gasteiger partial charge in [0.05, 0.1) is 11.4 Å². The Morgan fingerprint density at radius 3 is 2.57 bits per heavy atom. The molecule has 0 amide bonds. The Balaban J connectivity index is 1.57. The Bertz CT molecular complexity index is 1050. The number of benzene rings is 2. The summed E-state index contributed by atoms with van der Waals surface area (Å²) in [5.41, 5.74) is 7.54. The van der Waals surface area contributed by atoms with Crippen molar-refractivity contribution in [1.82, 2.24) is 15.0 Å².